The molecule has 2 amide bonds. The van der Waals surface area contributed by atoms with Gasteiger partial charge >= 0.3 is 0 Å². The number of aliphatic hydroxyl groups is 1. The zero-order chi connectivity index (χ0) is 14.0. The number of carbonyl (C=O) groups is 2. The SMILES string of the molecule is Cc1ccc(C2=C(SCCO)C(=O)N(C)C2=O)cc1. The summed E-state index contributed by atoms with van der Waals surface area (Å²) in [5.41, 5.74) is 2.28. The molecule has 0 fully saturated rings. The number of imide groups is 1. The third kappa shape index (κ3) is 2.57. The minimum absolute atomic E-state index is 0.0273. The van der Waals surface area contributed by atoms with Gasteiger partial charge in [0.2, 0.25) is 0 Å². The van der Waals surface area contributed by atoms with Crippen LogP contribution >= 0.6 is 11.8 Å². The number of aryl methyl sites for hydroxylation is 1. The van der Waals surface area contributed by atoms with Gasteiger partial charge in [-0.15, -0.1) is 11.8 Å². The van der Waals surface area contributed by atoms with Crippen molar-refractivity contribution in [2.45, 2.75) is 6.92 Å². The third-order valence-corrected chi connectivity index (χ3v) is 3.98. The summed E-state index contributed by atoms with van der Waals surface area (Å²) in [4.78, 5) is 25.7. The summed E-state index contributed by atoms with van der Waals surface area (Å²) in [7, 11) is 1.48. The predicted molar refractivity (Wildman–Crippen MR) is 75.4 cm³/mol. The zero-order valence-corrected chi connectivity index (χ0v) is 11.7. The molecule has 100 valence electrons. The highest BCUT2D eigenvalue weighted by molar-refractivity contribution is 8.04. The minimum atomic E-state index is -0.293. The molecule has 5 heteroatoms. The highest BCUT2D eigenvalue weighted by Crippen LogP contribution is 2.35. The summed E-state index contributed by atoms with van der Waals surface area (Å²) in [5, 5.41) is 8.88. The quantitative estimate of drug-likeness (QED) is 0.846. The van der Waals surface area contributed by atoms with E-state index in [1.807, 2.05) is 31.2 Å². The molecular formula is C14H15NO3S. The van der Waals surface area contributed by atoms with Crippen LogP contribution in [-0.4, -0.2) is 41.2 Å². The van der Waals surface area contributed by atoms with Crippen molar-refractivity contribution in [1.29, 1.82) is 0 Å². The second kappa shape index (κ2) is 5.59. The molecule has 0 bridgehead atoms. The van der Waals surface area contributed by atoms with Gasteiger partial charge in [0, 0.05) is 12.8 Å². The van der Waals surface area contributed by atoms with Crippen molar-refractivity contribution in [1.82, 2.24) is 4.90 Å². The topological polar surface area (TPSA) is 57.6 Å². The fourth-order valence-corrected chi connectivity index (χ4v) is 2.78. The van der Waals surface area contributed by atoms with E-state index in [2.05, 4.69) is 0 Å². The molecule has 1 N–H and O–H groups in total. The molecule has 1 aromatic carbocycles. The van der Waals surface area contributed by atoms with Crippen molar-refractivity contribution in [2.24, 2.45) is 0 Å². The maximum Gasteiger partial charge on any atom is 0.267 e. The van der Waals surface area contributed by atoms with Gasteiger partial charge in [-0.05, 0) is 12.5 Å². The van der Waals surface area contributed by atoms with E-state index >= 15 is 0 Å². The van der Waals surface area contributed by atoms with Crippen LogP contribution in [0.15, 0.2) is 29.2 Å². The molecule has 1 aromatic rings. The Bertz CT molecular complexity index is 548. The van der Waals surface area contributed by atoms with Gasteiger partial charge in [-0.25, -0.2) is 0 Å². The molecule has 0 saturated carbocycles. The average Bonchev–Trinajstić information content (AvgIpc) is 2.62. The Kier molecular flexibility index (Phi) is 4.07. The molecule has 0 unspecified atom stereocenters. The van der Waals surface area contributed by atoms with Crippen LogP contribution in [-0.2, 0) is 9.59 Å². The summed E-state index contributed by atoms with van der Waals surface area (Å²) in [5.74, 6) is -0.175. The van der Waals surface area contributed by atoms with E-state index in [9.17, 15) is 9.59 Å². The number of carbonyl (C=O) groups excluding carboxylic acids is 2. The van der Waals surface area contributed by atoms with E-state index in [1.165, 1.54) is 18.8 Å². The van der Waals surface area contributed by atoms with Crippen molar-refractivity contribution in [2.75, 3.05) is 19.4 Å². The van der Waals surface area contributed by atoms with Gasteiger partial charge in [0.05, 0.1) is 17.1 Å². The molecule has 0 aliphatic carbocycles. The van der Waals surface area contributed by atoms with Gasteiger partial charge in [0.1, 0.15) is 0 Å². The van der Waals surface area contributed by atoms with Crippen LogP contribution in [0, 0.1) is 6.92 Å². The molecular weight excluding hydrogens is 262 g/mol. The predicted octanol–water partition coefficient (Wildman–Crippen LogP) is 1.43. The first-order valence-electron chi connectivity index (χ1n) is 5.93. The number of rotatable bonds is 4. The lowest BCUT2D eigenvalue weighted by molar-refractivity contribution is -0.134. The van der Waals surface area contributed by atoms with E-state index in [-0.39, 0.29) is 18.4 Å². The molecule has 2 rings (SSSR count). The molecule has 0 spiro atoms. The lowest BCUT2D eigenvalue weighted by atomic mass is 10.0. The molecule has 4 nitrogen and oxygen atoms in total. The molecule has 0 saturated heterocycles. The van der Waals surface area contributed by atoms with Gasteiger partial charge in [0.15, 0.2) is 0 Å². The maximum absolute atomic E-state index is 12.1. The van der Waals surface area contributed by atoms with E-state index in [0.29, 0.717) is 16.2 Å². The lowest BCUT2D eigenvalue weighted by Gasteiger charge is -2.06. The lowest BCUT2D eigenvalue weighted by Crippen LogP contribution is -2.26. The van der Waals surface area contributed by atoms with Crippen molar-refractivity contribution in [3.8, 4) is 0 Å². The molecule has 19 heavy (non-hydrogen) atoms. The normalized spacial score (nSPS) is 15.6. The fraction of sp³-hybridized carbons (Fsp3) is 0.286. The number of benzene rings is 1. The van der Waals surface area contributed by atoms with E-state index in [0.717, 1.165) is 16.0 Å². The van der Waals surface area contributed by atoms with E-state index < -0.39 is 0 Å². The Morgan fingerprint density at radius 3 is 2.37 bits per heavy atom. The summed E-state index contributed by atoms with van der Waals surface area (Å²) in [6, 6.07) is 7.50. The second-order valence-corrected chi connectivity index (χ2v) is 5.42. The van der Waals surface area contributed by atoms with Crippen LogP contribution in [0.5, 0.6) is 0 Å². The first kappa shape index (κ1) is 13.8. The smallest absolute Gasteiger partial charge is 0.267 e. The second-order valence-electron chi connectivity index (χ2n) is 4.31. The van der Waals surface area contributed by atoms with Crippen molar-refractivity contribution in [3.63, 3.8) is 0 Å². The Morgan fingerprint density at radius 2 is 1.79 bits per heavy atom. The third-order valence-electron chi connectivity index (χ3n) is 2.92. The summed E-state index contributed by atoms with van der Waals surface area (Å²) >= 11 is 1.22. The standard InChI is InChI=1S/C14H15NO3S/c1-9-3-5-10(6-4-9)11-12(19-8-7-16)14(18)15(2)13(11)17/h3-6,16H,7-8H2,1-2H3. The average molecular weight is 277 g/mol. The summed E-state index contributed by atoms with van der Waals surface area (Å²) < 4.78 is 0. The van der Waals surface area contributed by atoms with Gasteiger partial charge in [-0.1, -0.05) is 29.8 Å². The molecule has 1 heterocycles. The largest absolute Gasteiger partial charge is 0.396 e. The summed E-state index contributed by atoms with van der Waals surface area (Å²) in [6.07, 6.45) is 0. The molecule has 0 radical (unpaired) electrons. The molecule has 0 aromatic heterocycles. The Balaban J connectivity index is 2.46. The van der Waals surface area contributed by atoms with Crippen LogP contribution in [0.2, 0.25) is 0 Å². The number of likely N-dealkylation sites (N-methyl/N-ethyl adjacent to an activating group) is 1. The van der Waals surface area contributed by atoms with Gasteiger partial charge in [-0.3, -0.25) is 14.5 Å². The van der Waals surface area contributed by atoms with Crippen molar-refractivity contribution in [3.05, 3.63) is 40.3 Å². The number of nitrogens with zero attached hydrogens (tertiary/aromatic N) is 1. The maximum atomic E-state index is 12.1. The van der Waals surface area contributed by atoms with Crippen molar-refractivity contribution < 1.29 is 14.7 Å². The number of aliphatic hydroxyl groups excluding tert-OH is 1. The van der Waals surface area contributed by atoms with Gasteiger partial charge in [-0.2, -0.15) is 0 Å². The van der Waals surface area contributed by atoms with Gasteiger partial charge in [0.25, 0.3) is 11.8 Å². The number of amides is 2. The molecule has 1 aliphatic rings. The Labute approximate surface area is 116 Å². The number of hydrogen-bond acceptors (Lipinski definition) is 4. The van der Waals surface area contributed by atoms with Crippen LogP contribution in [0.1, 0.15) is 11.1 Å². The minimum Gasteiger partial charge on any atom is -0.396 e. The van der Waals surface area contributed by atoms with Gasteiger partial charge < -0.3 is 5.11 Å². The molecule has 1 aliphatic heterocycles. The van der Waals surface area contributed by atoms with Crippen LogP contribution < -0.4 is 0 Å². The van der Waals surface area contributed by atoms with Crippen molar-refractivity contribution >= 4 is 29.1 Å². The first-order valence-corrected chi connectivity index (χ1v) is 6.92. The van der Waals surface area contributed by atoms with Crippen LogP contribution in [0.3, 0.4) is 0 Å². The zero-order valence-electron chi connectivity index (χ0n) is 10.8. The fourth-order valence-electron chi connectivity index (χ4n) is 1.87. The number of hydrogen-bond donors (Lipinski definition) is 1. The van der Waals surface area contributed by atoms with Crippen LogP contribution in [0.25, 0.3) is 5.57 Å². The Hall–Kier alpha value is -1.59. The molecule has 0 atom stereocenters. The van der Waals surface area contributed by atoms with Crippen LogP contribution in [0.4, 0.5) is 0 Å². The highest BCUT2D eigenvalue weighted by atomic mass is 32.2. The van der Waals surface area contributed by atoms with E-state index in [1.54, 1.807) is 0 Å². The Morgan fingerprint density at radius 1 is 1.16 bits per heavy atom. The highest BCUT2D eigenvalue weighted by Gasteiger charge is 2.36. The number of thioether (sulfide) groups is 1. The summed E-state index contributed by atoms with van der Waals surface area (Å²) in [6.45, 7) is 1.94. The van der Waals surface area contributed by atoms with E-state index in [4.69, 9.17) is 5.11 Å². The first-order chi connectivity index (χ1) is 9.06. The monoisotopic (exact) mass is 277 g/mol.